The molecule has 0 unspecified atom stereocenters. The fourth-order valence-corrected chi connectivity index (χ4v) is 7.95. The molecule has 2 aliphatic heterocycles. The van der Waals surface area contributed by atoms with E-state index in [2.05, 4.69) is 30.6 Å². The zero-order chi connectivity index (χ0) is 26.7. The molecule has 4 aliphatic rings. The lowest BCUT2D eigenvalue weighted by atomic mass is 9.70. The van der Waals surface area contributed by atoms with Gasteiger partial charge in [0.15, 0.2) is 0 Å². The summed E-state index contributed by atoms with van der Waals surface area (Å²) in [7, 11) is 0. The van der Waals surface area contributed by atoms with E-state index in [1.807, 2.05) is 36.4 Å². The lowest BCUT2D eigenvalue weighted by Crippen LogP contribution is -2.52. The van der Waals surface area contributed by atoms with Crippen LogP contribution in [-0.4, -0.2) is 96.2 Å². The Balaban J connectivity index is 0.973. The zero-order valence-corrected chi connectivity index (χ0v) is 23.0. The lowest BCUT2D eigenvalue weighted by molar-refractivity contribution is -0.114. The second-order valence-corrected chi connectivity index (χ2v) is 12.9. The van der Waals surface area contributed by atoms with Gasteiger partial charge in [-0.1, -0.05) is 45.0 Å². The number of aliphatic hydroxyl groups excluding tert-OH is 1. The van der Waals surface area contributed by atoms with Crippen molar-refractivity contribution in [1.82, 2.24) is 14.7 Å². The summed E-state index contributed by atoms with van der Waals surface area (Å²) >= 11 is 0. The predicted octanol–water partition coefficient (Wildman–Crippen LogP) is 3.65. The van der Waals surface area contributed by atoms with Crippen LogP contribution in [0.2, 0.25) is 0 Å². The van der Waals surface area contributed by atoms with Crippen molar-refractivity contribution in [3.05, 3.63) is 47.5 Å². The van der Waals surface area contributed by atoms with Crippen LogP contribution in [0, 0.1) is 16.7 Å². The van der Waals surface area contributed by atoms with Crippen LogP contribution < -0.4 is 0 Å². The first kappa shape index (κ1) is 25.9. The molecule has 7 nitrogen and oxygen atoms in total. The van der Waals surface area contributed by atoms with Gasteiger partial charge in [0.2, 0.25) is 0 Å². The number of nitrogens with zero attached hydrogens (tertiary/aromatic N) is 3. The highest BCUT2D eigenvalue weighted by Crippen LogP contribution is 2.63. The number of hydrogen-bond acceptors (Lipinski definition) is 6. The standard InChI is InChI=1S/C31H41N3O4/c1-30(2)22-10-11-31(3,18-22)29(30)38-20-23(35)19-33-14-12-32(13-15-33)16-17-34-27(36)24-8-4-6-21-7-5-9-25(26(21)24)28(34)37/h4-9,22-23,29,35H,10-20H2,1-3H3/t22-,23-,29-,31-/m1/s1. The van der Waals surface area contributed by atoms with Gasteiger partial charge in [0.05, 0.1) is 18.8 Å². The summed E-state index contributed by atoms with van der Waals surface area (Å²) in [6, 6.07) is 11.3. The smallest absolute Gasteiger partial charge is 0.261 e. The Kier molecular flexibility index (Phi) is 6.62. The normalized spacial score (nSPS) is 29.9. The highest BCUT2D eigenvalue weighted by atomic mass is 16.5. The average Bonchev–Trinajstić information content (AvgIpc) is 3.39. The summed E-state index contributed by atoms with van der Waals surface area (Å²) in [6.07, 6.45) is 3.52. The van der Waals surface area contributed by atoms with Gasteiger partial charge in [-0.15, -0.1) is 0 Å². The molecule has 204 valence electrons. The van der Waals surface area contributed by atoms with E-state index in [4.69, 9.17) is 4.74 Å². The number of amides is 2. The molecule has 2 aromatic rings. The molecule has 2 heterocycles. The third kappa shape index (κ3) is 4.37. The first-order valence-electron chi connectivity index (χ1n) is 14.3. The van der Waals surface area contributed by atoms with Gasteiger partial charge >= 0.3 is 0 Å². The Bertz CT molecular complexity index is 1180. The van der Waals surface area contributed by atoms with Crippen molar-refractivity contribution in [2.75, 3.05) is 52.4 Å². The molecule has 2 aliphatic carbocycles. The van der Waals surface area contributed by atoms with Crippen LogP contribution in [0.1, 0.15) is 60.7 Å². The highest BCUT2D eigenvalue weighted by molar-refractivity contribution is 6.25. The van der Waals surface area contributed by atoms with E-state index in [1.54, 1.807) is 0 Å². The van der Waals surface area contributed by atoms with E-state index in [-0.39, 0.29) is 28.7 Å². The summed E-state index contributed by atoms with van der Waals surface area (Å²) < 4.78 is 6.39. The van der Waals surface area contributed by atoms with Gasteiger partial charge in [-0.3, -0.25) is 24.3 Å². The number of carbonyl (C=O) groups is 2. The molecule has 1 saturated heterocycles. The predicted molar refractivity (Wildman–Crippen MR) is 147 cm³/mol. The molecule has 2 saturated carbocycles. The number of carbonyl (C=O) groups excluding carboxylic acids is 2. The summed E-state index contributed by atoms with van der Waals surface area (Å²) in [5.41, 5.74) is 1.66. The molecule has 1 N–H and O–H groups in total. The van der Waals surface area contributed by atoms with Gasteiger partial charge in [-0.25, -0.2) is 0 Å². The second kappa shape index (κ2) is 9.70. The van der Waals surface area contributed by atoms with Crippen LogP contribution in [0.3, 0.4) is 0 Å². The van der Waals surface area contributed by atoms with E-state index < -0.39 is 6.10 Å². The van der Waals surface area contributed by atoms with E-state index >= 15 is 0 Å². The maximum Gasteiger partial charge on any atom is 0.261 e. The third-order valence-corrected chi connectivity index (χ3v) is 10.0. The van der Waals surface area contributed by atoms with Crippen molar-refractivity contribution in [1.29, 1.82) is 0 Å². The van der Waals surface area contributed by atoms with Crippen molar-refractivity contribution < 1.29 is 19.4 Å². The highest BCUT2D eigenvalue weighted by Gasteiger charge is 2.60. The van der Waals surface area contributed by atoms with Gasteiger partial charge < -0.3 is 9.84 Å². The molecule has 2 bridgehead atoms. The van der Waals surface area contributed by atoms with Crippen molar-refractivity contribution in [2.24, 2.45) is 16.7 Å². The Morgan fingerprint density at radius 2 is 1.58 bits per heavy atom. The number of fused-ring (bicyclic) bond motifs is 2. The summed E-state index contributed by atoms with van der Waals surface area (Å²) in [5, 5.41) is 12.5. The van der Waals surface area contributed by atoms with E-state index in [0.29, 0.717) is 37.4 Å². The molecule has 2 amide bonds. The topological polar surface area (TPSA) is 73.3 Å². The number of hydrogen-bond donors (Lipinski definition) is 1. The molecular weight excluding hydrogens is 478 g/mol. The van der Waals surface area contributed by atoms with Crippen LogP contribution in [0.5, 0.6) is 0 Å². The fourth-order valence-electron chi connectivity index (χ4n) is 7.95. The van der Waals surface area contributed by atoms with Crippen molar-refractivity contribution in [2.45, 2.75) is 52.2 Å². The summed E-state index contributed by atoms with van der Waals surface area (Å²) in [4.78, 5) is 32.3. The minimum absolute atomic E-state index is 0.185. The van der Waals surface area contributed by atoms with Gasteiger partial charge in [0.25, 0.3) is 11.8 Å². The number of aliphatic hydroxyl groups is 1. The fraction of sp³-hybridized carbons (Fsp3) is 0.613. The van der Waals surface area contributed by atoms with Gasteiger partial charge in [0.1, 0.15) is 0 Å². The molecule has 7 heteroatoms. The number of rotatable bonds is 8. The Morgan fingerprint density at radius 1 is 0.947 bits per heavy atom. The second-order valence-electron chi connectivity index (χ2n) is 12.9. The number of benzene rings is 2. The average molecular weight is 520 g/mol. The lowest BCUT2D eigenvalue weighted by Gasteiger charge is -2.43. The van der Waals surface area contributed by atoms with Crippen LogP contribution in [0.25, 0.3) is 10.8 Å². The molecular formula is C31H41N3O4. The van der Waals surface area contributed by atoms with Crippen molar-refractivity contribution in [3.8, 4) is 0 Å². The Labute approximate surface area is 225 Å². The molecule has 0 spiro atoms. The van der Waals surface area contributed by atoms with E-state index in [1.165, 1.54) is 24.2 Å². The molecule has 0 aromatic heterocycles. The van der Waals surface area contributed by atoms with Crippen molar-refractivity contribution >= 4 is 22.6 Å². The molecule has 38 heavy (non-hydrogen) atoms. The minimum atomic E-state index is -0.494. The maximum atomic E-state index is 13.2. The molecule has 2 aromatic carbocycles. The molecule has 6 rings (SSSR count). The van der Waals surface area contributed by atoms with Crippen LogP contribution >= 0.6 is 0 Å². The van der Waals surface area contributed by atoms with Crippen molar-refractivity contribution in [3.63, 3.8) is 0 Å². The maximum absolute atomic E-state index is 13.2. The number of imide groups is 1. The summed E-state index contributed by atoms with van der Waals surface area (Å²) in [5.74, 6) is 0.337. The Hall–Kier alpha value is -2.32. The molecule has 0 radical (unpaired) electrons. The Morgan fingerprint density at radius 3 is 2.18 bits per heavy atom. The quantitative estimate of drug-likeness (QED) is 0.537. The first-order valence-corrected chi connectivity index (χ1v) is 14.3. The minimum Gasteiger partial charge on any atom is -0.389 e. The van der Waals surface area contributed by atoms with Gasteiger partial charge in [-0.05, 0) is 53.5 Å². The molecule has 4 atom stereocenters. The zero-order valence-electron chi connectivity index (χ0n) is 23.0. The first-order chi connectivity index (χ1) is 18.2. The van der Waals surface area contributed by atoms with Crippen LogP contribution in [0.15, 0.2) is 36.4 Å². The van der Waals surface area contributed by atoms with Gasteiger partial charge in [-0.2, -0.15) is 0 Å². The summed E-state index contributed by atoms with van der Waals surface area (Å²) in [6.45, 7) is 12.5. The van der Waals surface area contributed by atoms with E-state index in [9.17, 15) is 14.7 Å². The molecule has 3 fully saturated rings. The van der Waals surface area contributed by atoms with Crippen LogP contribution in [-0.2, 0) is 4.74 Å². The third-order valence-electron chi connectivity index (χ3n) is 10.0. The van der Waals surface area contributed by atoms with E-state index in [0.717, 1.165) is 42.9 Å². The monoisotopic (exact) mass is 519 g/mol. The number of piperazine rings is 1. The SMILES string of the molecule is CC1(C)[C@@H]2CC[C@](C)(C2)[C@@H]1OC[C@H](O)CN1CCN(CCN2C(=O)c3cccc4cccc(c34)C2=O)CC1. The largest absolute Gasteiger partial charge is 0.389 e. The van der Waals surface area contributed by atoms with Gasteiger partial charge in [0, 0.05) is 62.3 Å². The number of ether oxygens (including phenoxy) is 1. The number of β-amino-alcohol motifs (C(OH)–C–C–N with tert-alkyl or cyclic N) is 1. The van der Waals surface area contributed by atoms with Crippen LogP contribution in [0.4, 0.5) is 0 Å².